The summed E-state index contributed by atoms with van der Waals surface area (Å²) in [5.41, 5.74) is 2.94. The van der Waals surface area contributed by atoms with Crippen LogP contribution in [0.4, 0.5) is 0 Å². The van der Waals surface area contributed by atoms with Gasteiger partial charge in [-0.25, -0.2) is 0 Å². The quantitative estimate of drug-likeness (QED) is 0.324. The molecule has 0 radical (unpaired) electrons. The summed E-state index contributed by atoms with van der Waals surface area (Å²) in [7, 11) is 0. The molecule has 0 heterocycles. The van der Waals surface area contributed by atoms with E-state index in [1.54, 1.807) is 30.3 Å². The Morgan fingerprint density at radius 2 is 1.63 bits per heavy atom. The Labute approximate surface area is 173 Å². The van der Waals surface area contributed by atoms with E-state index < -0.39 is 0 Å². The van der Waals surface area contributed by atoms with E-state index in [-0.39, 0.29) is 0 Å². The highest BCUT2D eigenvalue weighted by Crippen LogP contribution is 2.27. The molecule has 0 fully saturated rings. The minimum atomic E-state index is 0.295. The first-order valence-corrected chi connectivity index (χ1v) is 9.23. The van der Waals surface area contributed by atoms with Crippen LogP contribution in [0.5, 0.6) is 5.75 Å². The van der Waals surface area contributed by atoms with Crippen molar-refractivity contribution in [1.82, 2.24) is 0 Å². The van der Waals surface area contributed by atoms with Crippen LogP contribution in [-0.2, 0) is 6.61 Å². The van der Waals surface area contributed by atoms with Gasteiger partial charge in [-0.05, 0) is 42.0 Å². The fraction of sp³-hybridized carbons (Fsp3) is 0.0455. The van der Waals surface area contributed by atoms with Crippen LogP contribution in [0.2, 0.25) is 15.1 Å². The van der Waals surface area contributed by atoms with Gasteiger partial charge in [0.2, 0.25) is 0 Å². The molecule has 0 spiro atoms. The van der Waals surface area contributed by atoms with Crippen molar-refractivity contribution in [3.05, 3.63) is 98.5 Å². The molecule has 27 heavy (non-hydrogen) atoms. The summed E-state index contributed by atoms with van der Waals surface area (Å²) >= 11 is 18.1. The predicted octanol–water partition coefficient (Wildman–Crippen LogP) is 7.29. The normalized spacial score (nSPS) is 11.1. The third kappa shape index (κ3) is 5.05. The summed E-state index contributed by atoms with van der Waals surface area (Å²) in [5.74, 6) is 0.658. The fourth-order valence-corrected chi connectivity index (χ4v) is 3.08. The van der Waals surface area contributed by atoms with Gasteiger partial charge in [0.05, 0.1) is 11.6 Å². The monoisotopic (exact) mass is 413 g/mol. The Balaban J connectivity index is 1.87. The Morgan fingerprint density at radius 3 is 2.33 bits per heavy atom. The number of rotatable bonds is 5. The number of nitrogens with zero attached hydrogens (tertiary/aromatic N) is 1. The van der Waals surface area contributed by atoms with Gasteiger partial charge in [0, 0.05) is 26.2 Å². The lowest BCUT2D eigenvalue weighted by Crippen LogP contribution is -1.98. The molecule has 0 bridgehead atoms. The molecule has 5 heteroatoms. The summed E-state index contributed by atoms with van der Waals surface area (Å²) in [6, 6.07) is 22.2. The van der Waals surface area contributed by atoms with Crippen LogP contribution in [-0.4, -0.2) is 0 Å². The van der Waals surface area contributed by atoms with Crippen molar-refractivity contribution < 1.29 is 4.74 Å². The fourth-order valence-electron chi connectivity index (χ4n) is 2.49. The molecule has 0 aliphatic carbocycles. The van der Waals surface area contributed by atoms with E-state index in [9.17, 15) is 5.26 Å². The maximum absolute atomic E-state index is 9.55. The molecule has 0 aromatic heterocycles. The zero-order valence-electron chi connectivity index (χ0n) is 14.1. The van der Waals surface area contributed by atoms with Gasteiger partial charge in [0.25, 0.3) is 0 Å². The number of ether oxygens (including phenoxy) is 1. The summed E-state index contributed by atoms with van der Waals surface area (Å²) in [4.78, 5) is 0. The number of halogens is 3. The highest BCUT2D eigenvalue weighted by atomic mass is 35.5. The lowest BCUT2D eigenvalue weighted by molar-refractivity contribution is 0.305. The summed E-state index contributed by atoms with van der Waals surface area (Å²) in [6.07, 6.45) is 1.79. The number of nitriles is 1. The van der Waals surface area contributed by atoms with Crippen LogP contribution in [0.1, 0.15) is 16.7 Å². The van der Waals surface area contributed by atoms with Gasteiger partial charge in [0.15, 0.2) is 0 Å². The van der Waals surface area contributed by atoms with Gasteiger partial charge in [-0.15, -0.1) is 0 Å². The van der Waals surface area contributed by atoms with Gasteiger partial charge < -0.3 is 4.74 Å². The molecule has 134 valence electrons. The molecular formula is C22H14Cl3NO. The van der Waals surface area contributed by atoms with Crippen molar-refractivity contribution >= 4 is 46.5 Å². The molecule has 0 saturated heterocycles. The number of hydrogen-bond donors (Lipinski definition) is 0. The average Bonchev–Trinajstić information content (AvgIpc) is 2.67. The van der Waals surface area contributed by atoms with Crippen molar-refractivity contribution in [2.45, 2.75) is 6.61 Å². The second-order valence-electron chi connectivity index (χ2n) is 5.74. The lowest BCUT2D eigenvalue weighted by atomic mass is 10.0. The van der Waals surface area contributed by atoms with Gasteiger partial charge in [-0.1, -0.05) is 71.2 Å². The van der Waals surface area contributed by atoms with Gasteiger partial charge in [-0.2, -0.15) is 5.26 Å². The zero-order valence-corrected chi connectivity index (χ0v) is 16.4. The largest absolute Gasteiger partial charge is 0.488 e. The molecule has 0 saturated carbocycles. The van der Waals surface area contributed by atoms with Crippen molar-refractivity contribution in [3.63, 3.8) is 0 Å². The van der Waals surface area contributed by atoms with Gasteiger partial charge in [-0.3, -0.25) is 0 Å². The number of hydrogen-bond acceptors (Lipinski definition) is 2. The molecule has 0 aliphatic rings. The summed E-state index contributed by atoms with van der Waals surface area (Å²) in [6.45, 7) is 0.295. The molecule has 0 N–H and O–H groups in total. The second-order valence-corrected chi connectivity index (χ2v) is 7.02. The van der Waals surface area contributed by atoms with E-state index in [1.807, 2.05) is 42.5 Å². The van der Waals surface area contributed by atoms with Crippen LogP contribution < -0.4 is 4.74 Å². The average molecular weight is 415 g/mol. The van der Waals surface area contributed by atoms with Crippen molar-refractivity contribution in [3.8, 4) is 11.8 Å². The van der Waals surface area contributed by atoms with E-state index in [1.165, 1.54) is 0 Å². The number of benzene rings is 3. The molecule has 0 unspecified atom stereocenters. The summed E-state index contributed by atoms with van der Waals surface area (Å²) in [5, 5.41) is 11.3. The topological polar surface area (TPSA) is 33.0 Å². The third-order valence-electron chi connectivity index (χ3n) is 3.89. The van der Waals surface area contributed by atoms with E-state index in [4.69, 9.17) is 39.5 Å². The van der Waals surface area contributed by atoms with E-state index >= 15 is 0 Å². The standard InChI is InChI=1S/C22H14Cl3NO/c23-19-8-5-15(6-9-19)18(13-26)11-16-3-1-2-4-22(16)27-14-17-7-10-20(24)12-21(17)25/h1-12H,14H2/b18-11-. The van der Waals surface area contributed by atoms with Gasteiger partial charge >= 0.3 is 0 Å². The molecule has 0 aliphatic heterocycles. The van der Waals surface area contributed by atoms with E-state index in [0.29, 0.717) is 33.0 Å². The Kier molecular flexibility index (Phi) is 6.42. The predicted molar refractivity (Wildman–Crippen MR) is 112 cm³/mol. The van der Waals surface area contributed by atoms with E-state index in [0.717, 1.165) is 16.7 Å². The Morgan fingerprint density at radius 1 is 0.926 bits per heavy atom. The first-order valence-electron chi connectivity index (χ1n) is 8.10. The number of allylic oxidation sites excluding steroid dienone is 1. The van der Waals surface area contributed by atoms with Crippen molar-refractivity contribution in [2.75, 3.05) is 0 Å². The minimum absolute atomic E-state index is 0.295. The van der Waals surface area contributed by atoms with Crippen LogP contribution in [0.3, 0.4) is 0 Å². The molecule has 0 atom stereocenters. The lowest BCUT2D eigenvalue weighted by Gasteiger charge is -2.11. The first-order chi connectivity index (χ1) is 13.1. The van der Waals surface area contributed by atoms with Crippen molar-refractivity contribution in [1.29, 1.82) is 5.26 Å². The highest BCUT2D eigenvalue weighted by Gasteiger charge is 2.07. The highest BCUT2D eigenvalue weighted by molar-refractivity contribution is 6.35. The maximum atomic E-state index is 9.55. The van der Waals surface area contributed by atoms with Gasteiger partial charge in [0.1, 0.15) is 12.4 Å². The molecule has 3 aromatic carbocycles. The molecule has 0 amide bonds. The molecule has 2 nitrogen and oxygen atoms in total. The third-order valence-corrected chi connectivity index (χ3v) is 4.73. The number of para-hydroxylation sites is 1. The Bertz CT molecular complexity index is 1020. The minimum Gasteiger partial charge on any atom is -0.488 e. The molecular weight excluding hydrogens is 401 g/mol. The zero-order chi connectivity index (χ0) is 19.2. The SMILES string of the molecule is N#C/C(=C/c1ccccc1OCc1ccc(Cl)cc1Cl)c1ccc(Cl)cc1. The Hall–Kier alpha value is -2.44. The first kappa shape index (κ1) is 19.3. The maximum Gasteiger partial charge on any atom is 0.127 e. The smallest absolute Gasteiger partial charge is 0.127 e. The van der Waals surface area contributed by atoms with E-state index in [2.05, 4.69) is 6.07 Å². The van der Waals surface area contributed by atoms with Crippen LogP contribution in [0.15, 0.2) is 66.7 Å². The second kappa shape index (κ2) is 8.97. The van der Waals surface area contributed by atoms with Crippen molar-refractivity contribution in [2.24, 2.45) is 0 Å². The van der Waals surface area contributed by atoms with Crippen LogP contribution in [0.25, 0.3) is 11.6 Å². The molecule has 3 rings (SSSR count). The summed E-state index contributed by atoms with van der Waals surface area (Å²) < 4.78 is 5.94. The molecule has 3 aromatic rings. The van der Waals surface area contributed by atoms with Crippen LogP contribution >= 0.6 is 34.8 Å². The van der Waals surface area contributed by atoms with Crippen LogP contribution in [0, 0.1) is 11.3 Å².